The molecule has 2 heterocycles. The van der Waals surface area contributed by atoms with Crippen LogP contribution in [-0.4, -0.2) is 52.7 Å². The van der Waals surface area contributed by atoms with Crippen LogP contribution in [0.2, 0.25) is 0 Å². The maximum atomic E-state index is 12.3. The van der Waals surface area contributed by atoms with Gasteiger partial charge in [0.1, 0.15) is 17.8 Å². The molecule has 2 rings (SSSR count). The van der Waals surface area contributed by atoms with Crippen LogP contribution in [0.5, 0.6) is 0 Å². The van der Waals surface area contributed by atoms with Crippen molar-refractivity contribution in [2.75, 3.05) is 13.7 Å². The van der Waals surface area contributed by atoms with Gasteiger partial charge in [-0.25, -0.2) is 9.78 Å². The number of carbonyl (C=O) groups excluding carboxylic acids is 1. The maximum absolute atomic E-state index is 12.3. The van der Waals surface area contributed by atoms with Crippen molar-refractivity contribution in [2.45, 2.75) is 18.6 Å². The molecule has 104 valence electrons. The Labute approximate surface area is 115 Å². The van der Waals surface area contributed by atoms with Crippen molar-refractivity contribution in [3.05, 3.63) is 29.6 Å². The molecule has 1 aromatic heterocycles. The first kappa shape index (κ1) is 14.0. The SMILES string of the molecule is COC1CC(C(=O)O)N(C(=O)c2ccc(C#N)cn2)C1. The summed E-state index contributed by atoms with van der Waals surface area (Å²) in [6.07, 6.45) is 1.25. The van der Waals surface area contributed by atoms with E-state index in [0.29, 0.717) is 5.56 Å². The number of rotatable bonds is 3. The summed E-state index contributed by atoms with van der Waals surface area (Å²) in [5, 5.41) is 17.8. The number of aromatic nitrogens is 1. The minimum absolute atomic E-state index is 0.118. The maximum Gasteiger partial charge on any atom is 0.326 e. The highest BCUT2D eigenvalue weighted by atomic mass is 16.5. The molecule has 1 aliphatic heterocycles. The number of methoxy groups -OCH3 is 1. The molecule has 0 bridgehead atoms. The number of hydrogen-bond donors (Lipinski definition) is 1. The Kier molecular flexibility index (Phi) is 3.96. The molecule has 1 saturated heterocycles. The van der Waals surface area contributed by atoms with Crippen molar-refractivity contribution >= 4 is 11.9 Å². The molecular weight excluding hydrogens is 262 g/mol. The van der Waals surface area contributed by atoms with Gasteiger partial charge >= 0.3 is 5.97 Å². The fraction of sp³-hybridized carbons (Fsp3) is 0.385. The highest BCUT2D eigenvalue weighted by molar-refractivity contribution is 5.95. The second-order valence-corrected chi connectivity index (χ2v) is 4.45. The number of carboxylic acid groups (broad SMARTS) is 1. The van der Waals surface area contributed by atoms with Crippen molar-refractivity contribution in [1.29, 1.82) is 5.26 Å². The molecule has 2 atom stereocenters. The van der Waals surface area contributed by atoms with E-state index in [1.54, 1.807) is 0 Å². The predicted molar refractivity (Wildman–Crippen MR) is 66.8 cm³/mol. The smallest absolute Gasteiger partial charge is 0.326 e. The lowest BCUT2D eigenvalue weighted by Gasteiger charge is -2.20. The first-order valence-electron chi connectivity index (χ1n) is 5.99. The van der Waals surface area contributed by atoms with Crippen LogP contribution in [-0.2, 0) is 9.53 Å². The molecule has 0 radical (unpaired) electrons. The van der Waals surface area contributed by atoms with Gasteiger partial charge in [0.15, 0.2) is 0 Å². The summed E-state index contributed by atoms with van der Waals surface area (Å²) in [5.74, 6) is -1.53. The number of carbonyl (C=O) groups is 2. The van der Waals surface area contributed by atoms with Gasteiger partial charge in [-0.1, -0.05) is 0 Å². The van der Waals surface area contributed by atoms with Gasteiger partial charge in [0, 0.05) is 26.3 Å². The van der Waals surface area contributed by atoms with Gasteiger partial charge in [0.2, 0.25) is 0 Å². The molecule has 1 fully saturated rings. The summed E-state index contributed by atoms with van der Waals surface area (Å²) in [7, 11) is 1.48. The second kappa shape index (κ2) is 5.67. The van der Waals surface area contributed by atoms with E-state index in [1.165, 1.54) is 30.3 Å². The molecule has 0 aliphatic carbocycles. The molecule has 1 aliphatic rings. The van der Waals surface area contributed by atoms with E-state index >= 15 is 0 Å². The Morgan fingerprint density at radius 1 is 1.55 bits per heavy atom. The van der Waals surface area contributed by atoms with E-state index in [0.717, 1.165) is 0 Å². The third kappa shape index (κ3) is 2.60. The number of carboxylic acids is 1. The van der Waals surface area contributed by atoms with Gasteiger partial charge in [-0.3, -0.25) is 4.79 Å². The van der Waals surface area contributed by atoms with Crippen molar-refractivity contribution in [2.24, 2.45) is 0 Å². The Morgan fingerprint density at radius 3 is 2.80 bits per heavy atom. The van der Waals surface area contributed by atoms with Crippen LogP contribution >= 0.6 is 0 Å². The zero-order valence-corrected chi connectivity index (χ0v) is 10.8. The molecule has 0 aromatic carbocycles. The predicted octanol–water partition coefficient (Wildman–Crippen LogP) is 0.267. The standard InChI is InChI=1S/C13H13N3O4/c1-20-9-4-11(13(18)19)16(7-9)12(17)10-3-2-8(5-14)6-15-10/h2-3,6,9,11H,4,7H2,1H3,(H,18,19). The number of amides is 1. The van der Waals surface area contributed by atoms with E-state index in [9.17, 15) is 9.59 Å². The number of hydrogen-bond acceptors (Lipinski definition) is 5. The normalized spacial score (nSPS) is 21.5. The average molecular weight is 275 g/mol. The zero-order valence-electron chi connectivity index (χ0n) is 10.8. The molecular formula is C13H13N3O4. The van der Waals surface area contributed by atoms with Gasteiger partial charge in [-0.15, -0.1) is 0 Å². The molecule has 1 amide bonds. The summed E-state index contributed by atoms with van der Waals surface area (Å²) in [4.78, 5) is 28.6. The highest BCUT2D eigenvalue weighted by Gasteiger charge is 2.40. The summed E-state index contributed by atoms with van der Waals surface area (Å²) in [6, 6.07) is 3.88. The fourth-order valence-corrected chi connectivity index (χ4v) is 2.16. The summed E-state index contributed by atoms with van der Waals surface area (Å²) in [5.41, 5.74) is 0.458. The molecule has 1 aromatic rings. The van der Waals surface area contributed by atoms with Gasteiger partial charge < -0.3 is 14.7 Å². The largest absolute Gasteiger partial charge is 0.480 e. The van der Waals surface area contributed by atoms with Gasteiger partial charge in [0.05, 0.1) is 11.7 Å². The van der Waals surface area contributed by atoms with E-state index in [-0.39, 0.29) is 24.8 Å². The minimum atomic E-state index is -1.06. The summed E-state index contributed by atoms with van der Waals surface area (Å²) >= 11 is 0. The lowest BCUT2D eigenvalue weighted by Crippen LogP contribution is -2.40. The van der Waals surface area contributed by atoms with Crippen LogP contribution in [0.3, 0.4) is 0 Å². The quantitative estimate of drug-likeness (QED) is 0.849. The first-order chi connectivity index (χ1) is 9.56. The van der Waals surface area contributed by atoms with Crippen molar-refractivity contribution in [1.82, 2.24) is 9.88 Å². The third-order valence-corrected chi connectivity index (χ3v) is 3.25. The van der Waals surface area contributed by atoms with Crippen molar-refractivity contribution in [3.63, 3.8) is 0 Å². The highest BCUT2D eigenvalue weighted by Crippen LogP contribution is 2.22. The molecule has 1 N–H and O–H groups in total. The van der Waals surface area contributed by atoms with Crippen LogP contribution in [0.4, 0.5) is 0 Å². The molecule has 20 heavy (non-hydrogen) atoms. The first-order valence-corrected chi connectivity index (χ1v) is 5.99. The van der Waals surface area contributed by atoms with Crippen LogP contribution < -0.4 is 0 Å². The molecule has 0 saturated carbocycles. The summed E-state index contributed by atoms with van der Waals surface area (Å²) < 4.78 is 5.12. The Balaban J connectivity index is 2.22. The second-order valence-electron chi connectivity index (χ2n) is 4.45. The van der Waals surface area contributed by atoms with Gasteiger partial charge in [0.25, 0.3) is 5.91 Å². The Hall–Kier alpha value is -2.46. The monoisotopic (exact) mass is 275 g/mol. The number of aliphatic carboxylic acids is 1. The number of likely N-dealkylation sites (tertiary alicyclic amines) is 1. The summed E-state index contributed by atoms with van der Waals surface area (Å²) in [6.45, 7) is 0.216. The molecule has 7 heteroatoms. The molecule has 2 unspecified atom stereocenters. The number of ether oxygens (including phenoxy) is 1. The molecule has 7 nitrogen and oxygen atoms in total. The number of nitriles is 1. The lowest BCUT2D eigenvalue weighted by molar-refractivity contribution is -0.141. The number of pyridine rings is 1. The van der Waals surface area contributed by atoms with E-state index in [1.807, 2.05) is 6.07 Å². The van der Waals surface area contributed by atoms with Crippen LogP contribution in [0.1, 0.15) is 22.5 Å². The van der Waals surface area contributed by atoms with Crippen LogP contribution in [0.15, 0.2) is 18.3 Å². The Bertz CT molecular complexity index is 564. The molecule has 0 spiro atoms. The van der Waals surface area contributed by atoms with Crippen LogP contribution in [0.25, 0.3) is 0 Å². The van der Waals surface area contributed by atoms with Crippen molar-refractivity contribution in [3.8, 4) is 6.07 Å². The zero-order chi connectivity index (χ0) is 14.7. The van der Waals surface area contributed by atoms with Gasteiger partial charge in [-0.05, 0) is 12.1 Å². The number of nitrogens with zero attached hydrogens (tertiary/aromatic N) is 3. The van der Waals surface area contributed by atoms with E-state index in [4.69, 9.17) is 15.1 Å². The van der Waals surface area contributed by atoms with E-state index in [2.05, 4.69) is 4.98 Å². The topological polar surface area (TPSA) is 104 Å². The van der Waals surface area contributed by atoms with Crippen LogP contribution in [0, 0.1) is 11.3 Å². The van der Waals surface area contributed by atoms with Gasteiger partial charge in [-0.2, -0.15) is 5.26 Å². The average Bonchev–Trinajstić information content (AvgIpc) is 2.91. The Morgan fingerprint density at radius 2 is 2.30 bits per heavy atom. The van der Waals surface area contributed by atoms with E-state index < -0.39 is 17.9 Å². The lowest BCUT2D eigenvalue weighted by atomic mass is 10.2. The minimum Gasteiger partial charge on any atom is -0.480 e. The third-order valence-electron chi connectivity index (χ3n) is 3.25. The van der Waals surface area contributed by atoms with Crippen molar-refractivity contribution < 1.29 is 19.4 Å². The fourth-order valence-electron chi connectivity index (χ4n) is 2.16.